The molecule has 0 atom stereocenters. The Kier molecular flexibility index (Phi) is 4.17. The third-order valence-electron chi connectivity index (χ3n) is 2.51. The Balaban J connectivity index is 3.25. The van der Waals surface area contributed by atoms with Gasteiger partial charge in [-0.1, -0.05) is 0 Å². The first kappa shape index (κ1) is 14.3. The van der Waals surface area contributed by atoms with Crippen LogP contribution < -0.4 is 4.90 Å². The smallest absolute Gasteiger partial charge is 0.362 e. The molecule has 18 heavy (non-hydrogen) atoms. The molecule has 0 aliphatic carbocycles. The molecular formula is C12H14F3N3. The first-order valence-electron chi connectivity index (χ1n) is 5.48. The van der Waals surface area contributed by atoms with E-state index in [1.54, 1.807) is 20.8 Å². The number of hydrogen-bond donors (Lipinski definition) is 0. The average Bonchev–Trinajstić information content (AvgIpc) is 2.23. The van der Waals surface area contributed by atoms with Crippen LogP contribution in [0.4, 0.5) is 18.9 Å². The highest BCUT2D eigenvalue weighted by Gasteiger charge is 2.31. The van der Waals surface area contributed by atoms with Crippen LogP contribution in [-0.4, -0.2) is 24.2 Å². The van der Waals surface area contributed by atoms with Crippen molar-refractivity contribution >= 4 is 5.69 Å². The summed E-state index contributed by atoms with van der Waals surface area (Å²) in [6, 6.07) is 3.43. The number of rotatable bonds is 3. The molecule has 1 aromatic rings. The standard InChI is InChI=1S/C12H14F3N3/c1-4-18(7-12(13,14)15)11-5-8(2)17-9(3)10(11)6-16/h5H,4,7H2,1-3H3. The van der Waals surface area contributed by atoms with Gasteiger partial charge in [0.25, 0.3) is 0 Å². The van der Waals surface area contributed by atoms with Crippen LogP contribution in [0, 0.1) is 25.2 Å². The molecule has 0 amide bonds. The summed E-state index contributed by atoms with van der Waals surface area (Å²) >= 11 is 0. The van der Waals surface area contributed by atoms with Crippen LogP contribution in [0.5, 0.6) is 0 Å². The van der Waals surface area contributed by atoms with Gasteiger partial charge in [-0.2, -0.15) is 18.4 Å². The number of alkyl halides is 3. The predicted octanol–water partition coefficient (Wildman–Crippen LogP) is 2.96. The van der Waals surface area contributed by atoms with Gasteiger partial charge in [-0.05, 0) is 26.8 Å². The van der Waals surface area contributed by atoms with Crippen molar-refractivity contribution in [1.82, 2.24) is 4.98 Å². The van der Waals surface area contributed by atoms with Crippen molar-refractivity contribution in [3.05, 3.63) is 23.0 Å². The van der Waals surface area contributed by atoms with E-state index in [0.29, 0.717) is 17.1 Å². The summed E-state index contributed by atoms with van der Waals surface area (Å²) in [6.45, 7) is 4.05. The predicted molar refractivity (Wildman–Crippen MR) is 62.4 cm³/mol. The fraction of sp³-hybridized carbons (Fsp3) is 0.500. The summed E-state index contributed by atoms with van der Waals surface area (Å²) in [5.74, 6) is 0. The van der Waals surface area contributed by atoms with Crippen LogP contribution in [0.1, 0.15) is 23.9 Å². The SMILES string of the molecule is CCN(CC(F)(F)F)c1cc(C)nc(C)c1C#N. The van der Waals surface area contributed by atoms with Gasteiger partial charge in [0, 0.05) is 12.2 Å². The molecule has 0 aliphatic rings. The molecule has 0 radical (unpaired) electrons. The zero-order valence-electron chi connectivity index (χ0n) is 10.5. The highest BCUT2D eigenvalue weighted by molar-refractivity contribution is 5.61. The molecule has 0 aromatic carbocycles. The highest BCUT2D eigenvalue weighted by Crippen LogP contribution is 2.26. The molecule has 1 heterocycles. The monoisotopic (exact) mass is 257 g/mol. The minimum atomic E-state index is -4.30. The Hall–Kier alpha value is -1.77. The van der Waals surface area contributed by atoms with E-state index in [2.05, 4.69) is 4.98 Å². The first-order chi connectivity index (χ1) is 8.28. The highest BCUT2D eigenvalue weighted by atomic mass is 19.4. The van der Waals surface area contributed by atoms with Crippen LogP contribution in [-0.2, 0) is 0 Å². The van der Waals surface area contributed by atoms with Gasteiger partial charge in [-0.3, -0.25) is 4.98 Å². The van der Waals surface area contributed by atoms with E-state index in [-0.39, 0.29) is 12.1 Å². The normalized spacial score (nSPS) is 11.2. The number of aromatic nitrogens is 1. The Morgan fingerprint density at radius 2 is 2.00 bits per heavy atom. The number of hydrogen-bond acceptors (Lipinski definition) is 3. The van der Waals surface area contributed by atoms with Crippen molar-refractivity contribution in [3.63, 3.8) is 0 Å². The van der Waals surface area contributed by atoms with Crippen molar-refractivity contribution in [2.24, 2.45) is 0 Å². The van der Waals surface area contributed by atoms with Crippen LogP contribution >= 0.6 is 0 Å². The van der Waals surface area contributed by atoms with Crippen molar-refractivity contribution in [1.29, 1.82) is 5.26 Å². The lowest BCUT2D eigenvalue weighted by Crippen LogP contribution is -2.34. The van der Waals surface area contributed by atoms with E-state index in [0.717, 1.165) is 4.90 Å². The van der Waals surface area contributed by atoms with Crippen LogP contribution in [0.2, 0.25) is 0 Å². The van der Waals surface area contributed by atoms with Gasteiger partial charge in [0.1, 0.15) is 12.6 Å². The number of aryl methyl sites for hydroxylation is 2. The summed E-state index contributed by atoms with van der Waals surface area (Å²) in [7, 11) is 0. The molecule has 0 saturated heterocycles. The van der Waals surface area contributed by atoms with Crippen LogP contribution in [0.3, 0.4) is 0 Å². The number of nitrogens with zero attached hydrogens (tertiary/aromatic N) is 3. The summed E-state index contributed by atoms with van der Waals surface area (Å²) in [5.41, 5.74) is 1.55. The second-order valence-electron chi connectivity index (χ2n) is 3.98. The van der Waals surface area contributed by atoms with Gasteiger partial charge < -0.3 is 4.90 Å². The van der Waals surface area contributed by atoms with Gasteiger partial charge in [0.2, 0.25) is 0 Å². The number of anilines is 1. The second kappa shape index (κ2) is 5.25. The van der Waals surface area contributed by atoms with Crippen molar-refractivity contribution in [2.75, 3.05) is 18.0 Å². The first-order valence-corrected chi connectivity index (χ1v) is 5.48. The number of halogens is 3. The lowest BCUT2D eigenvalue weighted by Gasteiger charge is -2.26. The van der Waals surface area contributed by atoms with Gasteiger partial charge in [0.15, 0.2) is 0 Å². The van der Waals surface area contributed by atoms with Crippen molar-refractivity contribution in [2.45, 2.75) is 26.9 Å². The minimum absolute atomic E-state index is 0.178. The average molecular weight is 257 g/mol. The Bertz CT molecular complexity index is 475. The van der Waals surface area contributed by atoms with E-state index in [1.165, 1.54) is 6.07 Å². The lowest BCUT2D eigenvalue weighted by atomic mass is 10.1. The Morgan fingerprint density at radius 3 is 2.44 bits per heavy atom. The summed E-state index contributed by atoms with van der Waals surface area (Å²) in [6.07, 6.45) is -4.30. The molecule has 1 aromatic heterocycles. The maximum atomic E-state index is 12.5. The van der Waals surface area contributed by atoms with Crippen LogP contribution in [0.15, 0.2) is 6.07 Å². The largest absolute Gasteiger partial charge is 0.405 e. The maximum Gasteiger partial charge on any atom is 0.405 e. The Labute approximate surface area is 104 Å². The fourth-order valence-corrected chi connectivity index (χ4v) is 1.78. The third-order valence-corrected chi connectivity index (χ3v) is 2.51. The van der Waals surface area contributed by atoms with E-state index in [1.807, 2.05) is 6.07 Å². The fourth-order valence-electron chi connectivity index (χ4n) is 1.78. The summed E-state index contributed by atoms with van der Waals surface area (Å²) in [5, 5.41) is 9.03. The van der Waals surface area contributed by atoms with E-state index in [4.69, 9.17) is 5.26 Å². The van der Waals surface area contributed by atoms with Gasteiger partial charge in [-0.25, -0.2) is 0 Å². The molecule has 0 unspecified atom stereocenters. The van der Waals surface area contributed by atoms with Crippen molar-refractivity contribution in [3.8, 4) is 6.07 Å². The van der Waals surface area contributed by atoms with Gasteiger partial charge in [0.05, 0.1) is 16.9 Å². The molecule has 98 valence electrons. The molecule has 0 spiro atoms. The summed E-state index contributed by atoms with van der Waals surface area (Å²) in [4.78, 5) is 5.23. The topological polar surface area (TPSA) is 39.9 Å². The third kappa shape index (κ3) is 3.36. The number of pyridine rings is 1. The van der Waals surface area contributed by atoms with Crippen molar-refractivity contribution < 1.29 is 13.2 Å². The van der Waals surface area contributed by atoms with E-state index in [9.17, 15) is 13.2 Å². The number of nitriles is 1. The zero-order chi connectivity index (χ0) is 13.9. The molecule has 0 bridgehead atoms. The molecule has 0 aliphatic heterocycles. The van der Waals surface area contributed by atoms with Gasteiger partial charge >= 0.3 is 6.18 Å². The zero-order valence-corrected chi connectivity index (χ0v) is 10.5. The molecule has 6 heteroatoms. The molecule has 0 saturated carbocycles. The van der Waals surface area contributed by atoms with Gasteiger partial charge in [-0.15, -0.1) is 0 Å². The molecule has 3 nitrogen and oxygen atoms in total. The minimum Gasteiger partial charge on any atom is -0.362 e. The molecular weight excluding hydrogens is 243 g/mol. The maximum absolute atomic E-state index is 12.5. The Morgan fingerprint density at radius 1 is 1.39 bits per heavy atom. The lowest BCUT2D eigenvalue weighted by molar-refractivity contribution is -0.119. The van der Waals surface area contributed by atoms with Crippen LogP contribution in [0.25, 0.3) is 0 Å². The molecule has 0 fully saturated rings. The second-order valence-corrected chi connectivity index (χ2v) is 3.98. The molecule has 0 N–H and O–H groups in total. The molecule has 1 rings (SSSR count). The quantitative estimate of drug-likeness (QED) is 0.835. The summed E-state index contributed by atoms with van der Waals surface area (Å²) < 4.78 is 37.4. The van der Waals surface area contributed by atoms with E-state index < -0.39 is 12.7 Å². The van der Waals surface area contributed by atoms with E-state index >= 15 is 0 Å².